The Morgan fingerprint density at radius 2 is 1.81 bits per heavy atom. The number of carbonyl (C=O) groups excluding carboxylic acids is 1. The number of anilines is 3. The Morgan fingerprint density at radius 1 is 1.07 bits per heavy atom. The number of aromatic nitrogens is 5. The lowest BCUT2D eigenvalue weighted by Gasteiger charge is -2.39. The van der Waals surface area contributed by atoms with Crippen LogP contribution in [0.5, 0.6) is 0 Å². The maximum absolute atomic E-state index is 13.3. The highest BCUT2D eigenvalue weighted by molar-refractivity contribution is 6.30. The number of carbonyl (C=O) groups is 1. The van der Waals surface area contributed by atoms with E-state index in [1.165, 1.54) is 4.68 Å². The Bertz CT molecular complexity index is 1720. The SMILES string of the molecule is COC1CN(c2cccc(-c3cnc(N)c(N4CCC(NC(=O)c5c(C)n(C)n(-c6cccc(Cl)c6)c5=O)CC4)n3)n2)C1. The van der Waals surface area contributed by atoms with Gasteiger partial charge in [0, 0.05) is 51.4 Å². The van der Waals surface area contributed by atoms with E-state index in [0.29, 0.717) is 59.7 Å². The third-order valence-electron chi connectivity index (χ3n) is 8.25. The van der Waals surface area contributed by atoms with Gasteiger partial charge in [0.2, 0.25) is 0 Å². The van der Waals surface area contributed by atoms with E-state index >= 15 is 0 Å². The molecule has 3 aromatic heterocycles. The van der Waals surface area contributed by atoms with Crippen LogP contribution in [-0.4, -0.2) is 75.7 Å². The standard InChI is InChI=1S/C30H34ClN9O3/c1-18-26(30(42)40(37(18)2)21-7-4-6-19(31)14-21)29(41)34-20-10-12-38(13-11-20)28-27(32)33-15-24(36-28)23-8-5-9-25(35-23)39-16-22(17-39)43-3/h4-9,14-15,20,22H,10-13,16-17H2,1-3H3,(H2,32,33)(H,34,41). The first-order valence-electron chi connectivity index (χ1n) is 14.2. The smallest absolute Gasteiger partial charge is 0.284 e. The molecule has 0 unspecified atom stereocenters. The van der Waals surface area contributed by atoms with Gasteiger partial charge in [-0.2, -0.15) is 0 Å². The number of methoxy groups -OCH3 is 1. The van der Waals surface area contributed by atoms with Crippen LogP contribution in [0.1, 0.15) is 28.9 Å². The molecule has 0 spiro atoms. The van der Waals surface area contributed by atoms with Gasteiger partial charge >= 0.3 is 0 Å². The van der Waals surface area contributed by atoms with Gasteiger partial charge in [0.05, 0.1) is 29.4 Å². The van der Waals surface area contributed by atoms with Crippen LogP contribution in [0.3, 0.4) is 0 Å². The normalized spacial score (nSPS) is 15.9. The average molecular weight is 604 g/mol. The molecular weight excluding hydrogens is 570 g/mol. The molecule has 0 bridgehead atoms. The summed E-state index contributed by atoms with van der Waals surface area (Å²) in [5.41, 5.74) is 8.53. The first-order chi connectivity index (χ1) is 20.7. The second-order valence-corrected chi connectivity index (χ2v) is 11.4. The first kappa shape index (κ1) is 28.7. The zero-order chi connectivity index (χ0) is 30.2. The van der Waals surface area contributed by atoms with Gasteiger partial charge in [0.25, 0.3) is 11.5 Å². The predicted molar refractivity (Wildman–Crippen MR) is 166 cm³/mol. The Morgan fingerprint density at radius 3 is 2.53 bits per heavy atom. The summed E-state index contributed by atoms with van der Waals surface area (Å²) >= 11 is 6.14. The van der Waals surface area contributed by atoms with E-state index in [2.05, 4.69) is 20.1 Å². The topological polar surface area (TPSA) is 136 Å². The maximum atomic E-state index is 13.3. The molecule has 0 saturated carbocycles. The highest BCUT2D eigenvalue weighted by Crippen LogP contribution is 2.28. The Kier molecular flexibility index (Phi) is 7.80. The number of nitrogens with zero attached hydrogens (tertiary/aromatic N) is 7. The lowest BCUT2D eigenvalue weighted by Crippen LogP contribution is -2.52. The van der Waals surface area contributed by atoms with E-state index < -0.39 is 0 Å². The third-order valence-corrected chi connectivity index (χ3v) is 8.48. The summed E-state index contributed by atoms with van der Waals surface area (Å²) in [5.74, 6) is 1.43. The fourth-order valence-corrected chi connectivity index (χ4v) is 5.81. The molecule has 224 valence electrons. The van der Waals surface area contributed by atoms with E-state index in [0.717, 1.165) is 24.6 Å². The molecule has 13 heteroatoms. The number of nitrogens with two attached hydrogens (primary N) is 1. The summed E-state index contributed by atoms with van der Waals surface area (Å²) in [7, 11) is 3.47. The van der Waals surface area contributed by atoms with Crippen LogP contribution < -0.4 is 26.4 Å². The lowest BCUT2D eigenvalue weighted by molar-refractivity contribution is 0.0783. The first-order valence-corrected chi connectivity index (χ1v) is 14.6. The monoisotopic (exact) mass is 603 g/mol. The minimum atomic E-state index is -0.387. The number of benzene rings is 1. The highest BCUT2D eigenvalue weighted by Gasteiger charge is 2.29. The largest absolute Gasteiger partial charge is 0.381 e. The van der Waals surface area contributed by atoms with Crippen molar-refractivity contribution in [1.82, 2.24) is 29.6 Å². The lowest BCUT2D eigenvalue weighted by atomic mass is 10.0. The van der Waals surface area contributed by atoms with E-state index in [4.69, 9.17) is 32.0 Å². The number of nitrogen functional groups attached to an aromatic ring is 1. The molecule has 0 atom stereocenters. The molecule has 43 heavy (non-hydrogen) atoms. The van der Waals surface area contributed by atoms with Crippen molar-refractivity contribution in [2.45, 2.75) is 31.9 Å². The van der Waals surface area contributed by atoms with Crippen LogP contribution in [0, 0.1) is 6.92 Å². The van der Waals surface area contributed by atoms with Crippen molar-refractivity contribution < 1.29 is 9.53 Å². The van der Waals surface area contributed by atoms with E-state index in [1.807, 2.05) is 18.2 Å². The second-order valence-electron chi connectivity index (χ2n) is 10.9. The number of piperidine rings is 1. The van der Waals surface area contributed by atoms with Crippen molar-refractivity contribution in [2.24, 2.45) is 7.05 Å². The number of hydrogen-bond donors (Lipinski definition) is 2. The van der Waals surface area contributed by atoms with Crippen molar-refractivity contribution in [1.29, 1.82) is 0 Å². The quantitative estimate of drug-likeness (QED) is 0.327. The molecule has 2 fully saturated rings. The molecule has 2 saturated heterocycles. The number of ether oxygens (including phenoxy) is 1. The summed E-state index contributed by atoms with van der Waals surface area (Å²) < 4.78 is 8.51. The van der Waals surface area contributed by atoms with Gasteiger partial charge in [-0.05, 0) is 50.1 Å². The summed E-state index contributed by atoms with van der Waals surface area (Å²) in [6.07, 6.45) is 3.19. The Labute approximate surface area is 254 Å². The maximum Gasteiger partial charge on any atom is 0.284 e. The molecular formula is C30H34ClN9O3. The summed E-state index contributed by atoms with van der Waals surface area (Å²) in [5, 5.41) is 3.58. The molecule has 1 aromatic carbocycles. The molecule has 12 nitrogen and oxygen atoms in total. The number of hydrogen-bond acceptors (Lipinski definition) is 9. The van der Waals surface area contributed by atoms with Crippen molar-refractivity contribution in [2.75, 3.05) is 48.8 Å². The van der Waals surface area contributed by atoms with E-state index in [1.54, 1.807) is 56.2 Å². The predicted octanol–water partition coefficient (Wildman–Crippen LogP) is 2.81. The van der Waals surface area contributed by atoms with Gasteiger partial charge < -0.3 is 25.6 Å². The minimum absolute atomic E-state index is 0.106. The second kappa shape index (κ2) is 11.7. The Hall–Kier alpha value is -4.42. The fraction of sp³-hybridized carbons (Fsp3) is 0.367. The summed E-state index contributed by atoms with van der Waals surface area (Å²) in [4.78, 5) is 44.9. The van der Waals surface area contributed by atoms with Gasteiger partial charge in [0.15, 0.2) is 11.6 Å². The van der Waals surface area contributed by atoms with Gasteiger partial charge in [-0.25, -0.2) is 19.6 Å². The molecule has 3 N–H and O–H groups in total. The molecule has 4 aromatic rings. The molecule has 6 rings (SSSR count). The third kappa shape index (κ3) is 5.55. The molecule has 2 aliphatic heterocycles. The van der Waals surface area contributed by atoms with Crippen molar-refractivity contribution in [3.63, 3.8) is 0 Å². The number of amides is 1. The van der Waals surface area contributed by atoms with Crippen molar-refractivity contribution >= 4 is 35.0 Å². The zero-order valence-electron chi connectivity index (χ0n) is 24.3. The van der Waals surface area contributed by atoms with Crippen LogP contribution in [0.4, 0.5) is 17.5 Å². The van der Waals surface area contributed by atoms with Crippen molar-refractivity contribution in [3.8, 4) is 17.1 Å². The average Bonchev–Trinajstić information content (AvgIpc) is 3.20. The van der Waals surface area contributed by atoms with Crippen molar-refractivity contribution in [3.05, 3.63) is 75.3 Å². The van der Waals surface area contributed by atoms with Gasteiger partial charge in [-0.1, -0.05) is 23.7 Å². The molecule has 5 heterocycles. The number of nitrogens with one attached hydrogen (secondary N) is 1. The zero-order valence-corrected chi connectivity index (χ0v) is 25.1. The molecule has 0 radical (unpaired) electrons. The molecule has 1 amide bonds. The number of pyridine rings is 1. The van der Waals surface area contributed by atoms with Gasteiger partial charge in [-0.3, -0.25) is 14.3 Å². The number of halogens is 1. The molecule has 2 aliphatic rings. The highest BCUT2D eigenvalue weighted by atomic mass is 35.5. The minimum Gasteiger partial charge on any atom is -0.381 e. The van der Waals surface area contributed by atoms with Crippen LogP contribution in [0.2, 0.25) is 5.02 Å². The van der Waals surface area contributed by atoms with Crippen LogP contribution in [0.15, 0.2) is 53.5 Å². The number of rotatable bonds is 7. The Balaban J connectivity index is 1.13. The van der Waals surface area contributed by atoms with Gasteiger partial charge in [-0.15, -0.1) is 0 Å². The van der Waals surface area contributed by atoms with Crippen LogP contribution in [-0.2, 0) is 11.8 Å². The van der Waals surface area contributed by atoms with Crippen LogP contribution in [0.25, 0.3) is 17.1 Å². The van der Waals surface area contributed by atoms with Crippen LogP contribution >= 0.6 is 11.6 Å². The van der Waals surface area contributed by atoms with E-state index in [9.17, 15) is 9.59 Å². The summed E-state index contributed by atoms with van der Waals surface area (Å²) in [6.45, 7) is 4.61. The van der Waals surface area contributed by atoms with Gasteiger partial charge in [0.1, 0.15) is 17.1 Å². The van der Waals surface area contributed by atoms with E-state index in [-0.39, 0.29) is 29.2 Å². The fourth-order valence-electron chi connectivity index (χ4n) is 5.62. The summed E-state index contributed by atoms with van der Waals surface area (Å²) in [6, 6.07) is 12.7. The molecule has 0 aliphatic carbocycles.